The maximum absolute atomic E-state index is 10.9. The van der Waals surface area contributed by atoms with Gasteiger partial charge in [-0.2, -0.15) is 0 Å². The SMILES string of the molecule is COC(=O)C(=O)n1ccnc1. The van der Waals surface area contributed by atoms with E-state index in [1.165, 1.54) is 18.7 Å². The van der Waals surface area contributed by atoms with E-state index >= 15 is 0 Å². The van der Waals surface area contributed by atoms with Crippen LogP contribution in [-0.2, 0) is 9.53 Å². The van der Waals surface area contributed by atoms with Crippen LogP contribution in [-0.4, -0.2) is 28.5 Å². The molecule has 0 N–H and O–H groups in total. The van der Waals surface area contributed by atoms with E-state index in [0.29, 0.717) is 0 Å². The molecule has 11 heavy (non-hydrogen) atoms. The molecule has 0 saturated carbocycles. The molecule has 5 heteroatoms. The molecule has 1 rings (SSSR count). The van der Waals surface area contributed by atoms with Crippen LogP contribution >= 0.6 is 0 Å². The van der Waals surface area contributed by atoms with Crippen molar-refractivity contribution in [2.75, 3.05) is 7.11 Å². The average molecular weight is 154 g/mol. The third-order valence-electron chi connectivity index (χ3n) is 1.10. The molecule has 0 spiro atoms. The van der Waals surface area contributed by atoms with Gasteiger partial charge in [0.05, 0.1) is 7.11 Å². The highest BCUT2D eigenvalue weighted by Crippen LogP contribution is 1.87. The molecule has 5 nitrogen and oxygen atoms in total. The zero-order chi connectivity index (χ0) is 8.27. The molecule has 0 saturated heterocycles. The van der Waals surface area contributed by atoms with Crippen molar-refractivity contribution in [3.63, 3.8) is 0 Å². The first-order valence-corrected chi connectivity index (χ1v) is 2.86. The Morgan fingerprint density at radius 2 is 2.27 bits per heavy atom. The lowest BCUT2D eigenvalue weighted by Gasteiger charge is -1.96. The topological polar surface area (TPSA) is 61.2 Å². The van der Waals surface area contributed by atoms with Gasteiger partial charge in [0.25, 0.3) is 0 Å². The van der Waals surface area contributed by atoms with Crippen LogP contribution in [0, 0.1) is 0 Å². The van der Waals surface area contributed by atoms with Gasteiger partial charge in [0.2, 0.25) is 0 Å². The standard InChI is InChI=1S/C6H6N2O3/c1-11-6(10)5(9)8-3-2-7-4-8/h2-4H,1H3. The van der Waals surface area contributed by atoms with E-state index in [2.05, 4.69) is 9.72 Å². The minimum absolute atomic E-state index is 0.745. The van der Waals surface area contributed by atoms with E-state index in [9.17, 15) is 9.59 Å². The van der Waals surface area contributed by atoms with Crippen LogP contribution in [0.4, 0.5) is 0 Å². The summed E-state index contributed by atoms with van der Waals surface area (Å²) in [5.41, 5.74) is 0. The molecule has 0 radical (unpaired) electrons. The van der Waals surface area contributed by atoms with Gasteiger partial charge in [0.1, 0.15) is 6.33 Å². The van der Waals surface area contributed by atoms with Crippen molar-refractivity contribution >= 4 is 11.9 Å². The Morgan fingerprint density at radius 3 is 2.73 bits per heavy atom. The van der Waals surface area contributed by atoms with Crippen LogP contribution < -0.4 is 0 Å². The first-order valence-electron chi connectivity index (χ1n) is 2.86. The maximum Gasteiger partial charge on any atom is 0.397 e. The second kappa shape index (κ2) is 2.96. The van der Waals surface area contributed by atoms with Crippen molar-refractivity contribution in [1.82, 2.24) is 9.55 Å². The number of imidazole rings is 1. The highest BCUT2D eigenvalue weighted by molar-refractivity contribution is 6.33. The first kappa shape index (κ1) is 7.46. The smallest absolute Gasteiger partial charge is 0.397 e. The van der Waals surface area contributed by atoms with Crippen LogP contribution in [0.1, 0.15) is 4.79 Å². The molecule has 0 unspecified atom stereocenters. The van der Waals surface area contributed by atoms with Crippen LogP contribution in [0.2, 0.25) is 0 Å². The molecular formula is C6H6N2O3. The van der Waals surface area contributed by atoms with Crippen molar-refractivity contribution in [2.45, 2.75) is 0 Å². The highest BCUT2D eigenvalue weighted by Gasteiger charge is 2.14. The Labute approximate surface area is 62.6 Å². The Balaban J connectivity index is 2.79. The van der Waals surface area contributed by atoms with Crippen molar-refractivity contribution in [1.29, 1.82) is 0 Å². The van der Waals surface area contributed by atoms with Gasteiger partial charge in [-0.25, -0.2) is 9.78 Å². The van der Waals surface area contributed by atoms with Crippen LogP contribution in [0.5, 0.6) is 0 Å². The quantitative estimate of drug-likeness (QED) is 0.380. The van der Waals surface area contributed by atoms with Gasteiger partial charge in [0, 0.05) is 12.4 Å². The fourth-order valence-electron chi connectivity index (χ4n) is 0.572. The molecule has 0 aliphatic rings. The number of carbonyl (C=O) groups excluding carboxylic acids is 2. The molecule has 0 aromatic carbocycles. The molecule has 1 aromatic rings. The Morgan fingerprint density at radius 1 is 1.55 bits per heavy atom. The fourth-order valence-corrected chi connectivity index (χ4v) is 0.572. The van der Waals surface area contributed by atoms with E-state index in [4.69, 9.17) is 0 Å². The number of hydrogen-bond acceptors (Lipinski definition) is 4. The molecule has 0 amide bonds. The molecule has 0 atom stereocenters. The van der Waals surface area contributed by atoms with E-state index in [1.807, 2.05) is 0 Å². The van der Waals surface area contributed by atoms with E-state index in [-0.39, 0.29) is 0 Å². The van der Waals surface area contributed by atoms with Gasteiger partial charge in [-0.1, -0.05) is 0 Å². The number of ether oxygens (including phenoxy) is 1. The summed E-state index contributed by atoms with van der Waals surface area (Å²) in [5.74, 6) is -1.65. The van der Waals surface area contributed by atoms with Gasteiger partial charge in [-0.05, 0) is 0 Å². The zero-order valence-electron chi connectivity index (χ0n) is 5.85. The van der Waals surface area contributed by atoms with Gasteiger partial charge in [-0.3, -0.25) is 9.36 Å². The monoisotopic (exact) mass is 154 g/mol. The molecule has 0 aliphatic heterocycles. The second-order valence-electron chi connectivity index (χ2n) is 1.77. The molecule has 1 aromatic heterocycles. The fraction of sp³-hybridized carbons (Fsp3) is 0.167. The average Bonchev–Trinajstić information content (AvgIpc) is 2.53. The predicted octanol–water partition coefficient (Wildman–Crippen LogP) is -0.304. The number of methoxy groups -OCH3 is 1. The summed E-state index contributed by atoms with van der Waals surface area (Å²) >= 11 is 0. The third-order valence-corrected chi connectivity index (χ3v) is 1.10. The maximum atomic E-state index is 10.9. The minimum Gasteiger partial charge on any atom is -0.462 e. The minimum atomic E-state index is -0.900. The summed E-state index contributed by atoms with van der Waals surface area (Å²) < 4.78 is 5.25. The predicted molar refractivity (Wildman–Crippen MR) is 34.9 cm³/mol. The molecular weight excluding hydrogens is 148 g/mol. The highest BCUT2D eigenvalue weighted by atomic mass is 16.5. The van der Waals surface area contributed by atoms with E-state index in [1.54, 1.807) is 0 Å². The van der Waals surface area contributed by atoms with Crippen LogP contribution in [0.15, 0.2) is 18.7 Å². The van der Waals surface area contributed by atoms with Crippen molar-refractivity contribution in [3.05, 3.63) is 18.7 Å². The van der Waals surface area contributed by atoms with Crippen molar-refractivity contribution < 1.29 is 14.3 Å². The first-order chi connectivity index (χ1) is 5.25. The Hall–Kier alpha value is -1.65. The lowest BCUT2D eigenvalue weighted by Crippen LogP contribution is -2.21. The van der Waals surface area contributed by atoms with Gasteiger partial charge < -0.3 is 4.74 Å². The lowest BCUT2D eigenvalue weighted by atomic mass is 10.6. The Bertz CT molecular complexity index is 265. The largest absolute Gasteiger partial charge is 0.462 e. The normalized spacial score (nSPS) is 9.18. The number of carbonyl (C=O) groups is 2. The number of aromatic nitrogens is 2. The summed E-state index contributed by atoms with van der Waals surface area (Å²) in [4.78, 5) is 25.1. The number of esters is 1. The van der Waals surface area contributed by atoms with E-state index < -0.39 is 11.9 Å². The number of nitrogens with zero attached hydrogens (tertiary/aromatic N) is 2. The Kier molecular flexibility index (Phi) is 2.00. The van der Waals surface area contributed by atoms with Crippen molar-refractivity contribution in [2.24, 2.45) is 0 Å². The van der Waals surface area contributed by atoms with Crippen molar-refractivity contribution in [3.8, 4) is 0 Å². The molecule has 0 fully saturated rings. The summed E-state index contributed by atoms with van der Waals surface area (Å²) in [6.07, 6.45) is 4.01. The second-order valence-corrected chi connectivity index (χ2v) is 1.77. The van der Waals surface area contributed by atoms with E-state index in [0.717, 1.165) is 11.7 Å². The van der Waals surface area contributed by atoms with Gasteiger partial charge >= 0.3 is 11.9 Å². The summed E-state index contributed by atoms with van der Waals surface area (Å²) in [5, 5.41) is 0. The summed E-state index contributed by atoms with van der Waals surface area (Å²) in [6, 6.07) is 0. The number of hydrogen-bond donors (Lipinski definition) is 0. The molecule has 0 bridgehead atoms. The van der Waals surface area contributed by atoms with Crippen LogP contribution in [0.25, 0.3) is 0 Å². The molecule has 1 heterocycles. The van der Waals surface area contributed by atoms with Gasteiger partial charge in [-0.15, -0.1) is 0 Å². The molecule has 0 aliphatic carbocycles. The van der Waals surface area contributed by atoms with Gasteiger partial charge in [0.15, 0.2) is 0 Å². The summed E-state index contributed by atoms with van der Waals surface area (Å²) in [6.45, 7) is 0. The zero-order valence-corrected chi connectivity index (χ0v) is 5.85. The number of rotatable bonds is 0. The molecule has 58 valence electrons. The lowest BCUT2D eigenvalue weighted by molar-refractivity contribution is -0.135. The third kappa shape index (κ3) is 1.43. The van der Waals surface area contributed by atoms with Crippen LogP contribution in [0.3, 0.4) is 0 Å². The summed E-state index contributed by atoms with van der Waals surface area (Å²) in [7, 11) is 1.15.